The number of Topliss-reactive ketones (excluding diaryl/α,β-unsaturated/α-hetero) is 1. The summed E-state index contributed by atoms with van der Waals surface area (Å²) < 4.78 is 5.91. The number of hydrogen-bond acceptors (Lipinski definition) is 4. The van der Waals surface area contributed by atoms with Crippen LogP contribution in [0.15, 0.2) is 46.9 Å². The number of carbonyl (C=O) groups is 2. The fourth-order valence-electron chi connectivity index (χ4n) is 4.87. The molecule has 160 valence electrons. The van der Waals surface area contributed by atoms with Crippen LogP contribution in [0.25, 0.3) is 11.1 Å². The van der Waals surface area contributed by atoms with Crippen LogP contribution >= 0.6 is 0 Å². The molecule has 1 aliphatic heterocycles. The number of para-hydroxylation sites is 2. The van der Waals surface area contributed by atoms with E-state index in [-0.39, 0.29) is 30.4 Å². The Morgan fingerprint density at radius 3 is 2.55 bits per heavy atom. The molecule has 0 spiro atoms. The zero-order valence-electron chi connectivity index (χ0n) is 17.8. The largest absolute Gasteiger partial charge is 0.440 e. The minimum Gasteiger partial charge on any atom is -0.440 e. The van der Waals surface area contributed by atoms with Crippen LogP contribution in [-0.2, 0) is 17.6 Å². The Morgan fingerprint density at radius 1 is 0.968 bits per heavy atom. The monoisotopic (exact) mass is 416 g/mol. The number of oxazole rings is 1. The fourth-order valence-corrected chi connectivity index (χ4v) is 4.87. The van der Waals surface area contributed by atoms with Gasteiger partial charge in [0.2, 0.25) is 5.91 Å². The van der Waals surface area contributed by atoms with E-state index in [1.165, 1.54) is 24.0 Å². The standard InChI is InChI=1S/C26H28N2O3/c29-23(21-10-9-18-5-1-2-6-20(18)17-21)11-12-25(30)28-15-13-19(14-16-28)26-27-22-7-3-4-8-24(22)31-26/h3-4,7-10,17,19H,1-2,5-6,11-16H2. The number of rotatable bonds is 5. The Morgan fingerprint density at radius 2 is 1.74 bits per heavy atom. The Bertz CT molecular complexity index is 1080. The highest BCUT2D eigenvalue weighted by atomic mass is 16.3. The molecule has 2 heterocycles. The number of ketones is 1. The van der Waals surface area contributed by atoms with Gasteiger partial charge in [0.15, 0.2) is 17.3 Å². The van der Waals surface area contributed by atoms with Gasteiger partial charge in [0.25, 0.3) is 0 Å². The number of likely N-dealkylation sites (tertiary alicyclic amines) is 1. The number of carbonyl (C=O) groups excluding carboxylic acids is 2. The second kappa shape index (κ2) is 8.66. The van der Waals surface area contributed by atoms with E-state index in [0.29, 0.717) is 13.1 Å². The molecule has 0 bridgehead atoms. The average Bonchev–Trinajstić information content (AvgIpc) is 3.26. The van der Waals surface area contributed by atoms with E-state index < -0.39 is 0 Å². The van der Waals surface area contributed by atoms with E-state index in [1.807, 2.05) is 41.3 Å². The molecule has 5 rings (SSSR count). The summed E-state index contributed by atoms with van der Waals surface area (Å²) in [5.41, 5.74) is 5.14. The molecular formula is C26H28N2O3. The Balaban J connectivity index is 1.13. The highest BCUT2D eigenvalue weighted by molar-refractivity contribution is 5.98. The molecule has 1 saturated heterocycles. The molecule has 1 aromatic heterocycles. The number of fused-ring (bicyclic) bond motifs is 2. The average molecular weight is 417 g/mol. The van der Waals surface area contributed by atoms with Crippen LogP contribution in [-0.4, -0.2) is 34.7 Å². The van der Waals surface area contributed by atoms with Gasteiger partial charge in [0.1, 0.15) is 5.52 Å². The smallest absolute Gasteiger partial charge is 0.223 e. The molecule has 1 amide bonds. The van der Waals surface area contributed by atoms with Crippen LogP contribution in [0.1, 0.15) is 71.8 Å². The van der Waals surface area contributed by atoms with E-state index >= 15 is 0 Å². The maximum absolute atomic E-state index is 12.7. The van der Waals surface area contributed by atoms with Crippen molar-refractivity contribution < 1.29 is 14.0 Å². The van der Waals surface area contributed by atoms with E-state index in [2.05, 4.69) is 11.1 Å². The molecule has 0 saturated carbocycles. The minimum absolute atomic E-state index is 0.0716. The van der Waals surface area contributed by atoms with Crippen LogP contribution in [0, 0.1) is 0 Å². The molecule has 0 N–H and O–H groups in total. The highest BCUT2D eigenvalue weighted by Crippen LogP contribution is 2.30. The molecule has 5 heteroatoms. The number of amides is 1. The number of aromatic nitrogens is 1. The number of piperidine rings is 1. The summed E-state index contributed by atoms with van der Waals surface area (Å²) in [5.74, 6) is 1.16. The van der Waals surface area contributed by atoms with Crippen molar-refractivity contribution in [1.82, 2.24) is 9.88 Å². The Labute approximate surface area is 182 Å². The predicted molar refractivity (Wildman–Crippen MR) is 119 cm³/mol. The van der Waals surface area contributed by atoms with Gasteiger partial charge >= 0.3 is 0 Å². The summed E-state index contributed by atoms with van der Waals surface area (Å²) in [6.07, 6.45) is 6.85. The molecule has 5 nitrogen and oxygen atoms in total. The van der Waals surface area contributed by atoms with E-state index in [1.54, 1.807) is 0 Å². The topological polar surface area (TPSA) is 63.4 Å². The zero-order valence-corrected chi connectivity index (χ0v) is 17.8. The zero-order chi connectivity index (χ0) is 21.2. The van der Waals surface area contributed by atoms with Gasteiger partial charge in [-0.3, -0.25) is 9.59 Å². The second-order valence-electron chi connectivity index (χ2n) is 8.79. The first-order valence-corrected chi connectivity index (χ1v) is 11.5. The van der Waals surface area contributed by atoms with Gasteiger partial charge in [-0.1, -0.05) is 24.3 Å². The van der Waals surface area contributed by atoms with Gasteiger partial charge in [-0.15, -0.1) is 0 Å². The van der Waals surface area contributed by atoms with Crippen molar-refractivity contribution in [2.75, 3.05) is 13.1 Å². The summed E-state index contributed by atoms with van der Waals surface area (Å²) in [6.45, 7) is 1.38. The molecule has 2 aromatic carbocycles. The SMILES string of the molecule is O=C(CCC(=O)N1CCC(c2nc3ccccc3o2)CC1)c1ccc2c(c1)CCCC2. The third kappa shape index (κ3) is 4.27. The predicted octanol–water partition coefficient (Wildman–Crippen LogP) is 5.08. The lowest BCUT2D eigenvalue weighted by molar-refractivity contribution is -0.132. The maximum atomic E-state index is 12.7. The van der Waals surface area contributed by atoms with Crippen LogP contribution in [0.5, 0.6) is 0 Å². The van der Waals surface area contributed by atoms with Gasteiger partial charge in [-0.05, 0) is 67.9 Å². The second-order valence-corrected chi connectivity index (χ2v) is 8.79. The van der Waals surface area contributed by atoms with Crippen molar-refractivity contribution in [3.8, 4) is 0 Å². The Hall–Kier alpha value is -2.95. The van der Waals surface area contributed by atoms with Gasteiger partial charge in [-0.25, -0.2) is 4.98 Å². The van der Waals surface area contributed by atoms with E-state index in [9.17, 15) is 9.59 Å². The lowest BCUT2D eigenvalue weighted by atomic mass is 9.89. The van der Waals surface area contributed by atoms with Crippen molar-refractivity contribution in [2.24, 2.45) is 0 Å². The summed E-state index contributed by atoms with van der Waals surface area (Å²) >= 11 is 0. The minimum atomic E-state index is 0.0716. The number of benzene rings is 2. The van der Waals surface area contributed by atoms with Crippen LogP contribution in [0.2, 0.25) is 0 Å². The van der Waals surface area contributed by atoms with Gasteiger partial charge in [0.05, 0.1) is 0 Å². The van der Waals surface area contributed by atoms with E-state index in [4.69, 9.17) is 4.42 Å². The fraction of sp³-hybridized carbons (Fsp3) is 0.423. The molecule has 0 unspecified atom stereocenters. The first kappa shape index (κ1) is 20.0. The van der Waals surface area contributed by atoms with Crippen molar-refractivity contribution in [3.63, 3.8) is 0 Å². The molecule has 2 aliphatic rings. The number of nitrogens with zero attached hydrogens (tertiary/aromatic N) is 2. The van der Waals surface area contributed by atoms with Gasteiger partial charge < -0.3 is 9.32 Å². The first-order chi connectivity index (χ1) is 15.2. The molecular weight excluding hydrogens is 388 g/mol. The van der Waals surface area contributed by atoms with Crippen molar-refractivity contribution in [2.45, 2.75) is 57.3 Å². The highest BCUT2D eigenvalue weighted by Gasteiger charge is 2.27. The van der Waals surface area contributed by atoms with Crippen molar-refractivity contribution in [1.29, 1.82) is 0 Å². The lowest BCUT2D eigenvalue weighted by Gasteiger charge is -2.30. The van der Waals surface area contributed by atoms with Crippen molar-refractivity contribution >= 4 is 22.8 Å². The molecule has 0 radical (unpaired) electrons. The summed E-state index contributed by atoms with van der Waals surface area (Å²) in [6, 6.07) is 13.9. The third-order valence-corrected chi connectivity index (χ3v) is 6.74. The van der Waals surface area contributed by atoms with Crippen molar-refractivity contribution in [3.05, 3.63) is 65.0 Å². The van der Waals surface area contributed by atoms with Gasteiger partial charge in [0, 0.05) is 37.4 Å². The van der Waals surface area contributed by atoms with Gasteiger partial charge in [-0.2, -0.15) is 0 Å². The van der Waals surface area contributed by atoms with E-state index in [0.717, 1.165) is 48.2 Å². The molecule has 31 heavy (non-hydrogen) atoms. The van der Waals surface area contributed by atoms with Crippen LogP contribution in [0.3, 0.4) is 0 Å². The third-order valence-electron chi connectivity index (χ3n) is 6.74. The maximum Gasteiger partial charge on any atom is 0.223 e. The molecule has 1 fully saturated rings. The first-order valence-electron chi connectivity index (χ1n) is 11.5. The molecule has 0 atom stereocenters. The molecule has 3 aromatic rings. The lowest BCUT2D eigenvalue weighted by Crippen LogP contribution is -2.38. The number of aryl methyl sites for hydroxylation is 2. The normalized spacial score (nSPS) is 17.0. The van der Waals surface area contributed by atoms with Crippen LogP contribution in [0.4, 0.5) is 0 Å². The summed E-state index contributed by atoms with van der Waals surface area (Å²) in [5, 5.41) is 0. The summed E-state index contributed by atoms with van der Waals surface area (Å²) in [7, 11) is 0. The Kier molecular flexibility index (Phi) is 5.58. The number of hydrogen-bond donors (Lipinski definition) is 0. The van der Waals surface area contributed by atoms with Crippen LogP contribution < -0.4 is 0 Å². The molecule has 1 aliphatic carbocycles. The summed E-state index contributed by atoms with van der Waals surface area (Å²) in [4.78, 5) is 31.8. The quantitative estimate of drug-likeness (QED) is 0.545.